The van der Waals surface area contributed by atoms with Crippen molar-refractivity contribution in [1.82, 2.24) is 15.3 Å². The highest BCUT2D eigenvalue weighted by Gasteiger charge is 2.26. The van der Waals surface area contributed by atoms with Gasteiger partial charge in [-0.3, -0.25) is 0 Å². The summed E-state index contributed by atoms with van der Waals surface area (Å²) < 4.78 is 5.90. The van der Waals surface area contributed by atoms with Gasteiger partial charge < -0.3 is 15.0 Å². The summed E-state index contributed by atoms with van der Waals surface area (Å²) in [5.41, 5.74) is 0.991. The van der Waals surface area contributed by atoms with Crippen LogP contribution in [-0.4, -0.2) is 42.3 Å². The molecular formula is C14H22N4O. The maximum atomic E-state index is 5.90. The Balaban J connectivity index is 1.54. The number of ether oxygens (including phenoxy) is 1. The van der Waals surface area contributed by atoms with E-state index in [1.54, 1.807) is 6.33 Å². The Bertz CT molecular complexity index is 414. The highest BCUT2D eigenvalue weighted by molar-refractivity contribution is 5.42. The van der Waals surface area contributed by atoms with Gasteiger partial charge in [-0.1, -0.05) is 12.8 Å². The minimum Gasteiger partial charge on any atom is -0.372 e. The van der Waals surface area contributed by atoms with Crippen molar-refractivity contribution in [2.24, 2.45) is 0 Å². The average molecular weight is 262 g/mol. The fourth-order valence-electron chi connectivity index (χ4n) is 2.74. The van der Waals surface area contributed by atoms with Crippen molar-refractivity contribution in [3.63, 3.8) is 0 Å². The van der Waals surface area contributed by atoms with Gasteiger partial charge in [0.05, 0.1) is 18.4 Å². The third-order valence-corrected chi connectivity index (χ3v) is 4.09. The number of hydrogen-bond acceptors (Lipinski definition) is 5. The summed E-state index contributed by atoms with van der Waals surface area (Å²) >= 11 is 0. The Morgan fingerprint density at radius 1 is 1.32 bits per heavy atom. The topological polar surface area (TPSA) is 50.3 Å². The van der Waals surface area contributed by atoms with E-state index in [0.29, 0.717) is 18.8 Å². The Morgan fingerprint density at radius 3 is 2.84 bits per heavy atom. The van der Waals surface area contributed by atoms with Gasteiger partial charge in [0.25, 0.3) is 0 Å². The number of nitrogens with one attached hydrogen (secondary N) is 1. The maximum absolute atomic E-state index is 5.90. The number of nitrogens with zero attached hydrogens (tertiary/aromatic N) is 3. The lowest BCUT2D eigenvalue weighted by molar-refractivity contribution is 0.0437. The first-order valence-corrected chi connectivity index (χ1v) is 7.20. The van der Waals surface area contributed by atoms with E-state index in [-0.39, 0.29) is 0 Å². The predicted molar refractivity (Wildman–Crippen MR) is 74.1 cm³/mol. The number of hydrogen-bond donors (Lipinski definition) is 1. The molecule has 1 aliphatic carbocycles. The van der Waals surface area contributed by atoms with Crippen LogP contribution in [0.2, 0.25) is 0 Å². The summed E-state index contributed by atoms with van der Waals surface area (Å²) in [6.07, 6.45) is 7.10. The van der Waals surface area contributed by atoms with Gasteiger partial charge >= 0.3 is 0 Å². The minimum absolute atomic E-state index is 0.441. The van der Waals surface area contributed by atoms with Gasteiger partial charge in [-0.15, -0.1) is 0 Å². The van der Waals surface area contributed by atoms with E-state index in [2.05, 4.69) is 26.3 Å². The van der Waals surface area contributed by atoms with Crippen LogP contribution in [0, 0.1) is 0 Å². The van der Waals surface area contributed by atoms with Gasteiger partial charge in [0.15, 0.2) is 0 Å². The van der Waals surface area contributed by atoms with Crippen molar-refractivity contribution in [2.45, 2.75) is 44.4 Å². The van der Waals surface area contributed by atoms with Crippen LogP contribution in [0.5, 0.6) is 0 Å². The molecule has 1 N–H and O–H groups in total. The molecule has 0 spiro atoms. The maximum Gasteiger partial charge on any atom is 0.132 e. The summed E-state index contributed by atoms with van der Waals surface area (Å²) in [6, 6.07) is 2.65. The third-order valence-electron chi connectivity index (χ3n) is 4.09. The Hall–Kier alpha value is -1.20. The second-order valence-electron chi connectivity index (χ2n) is 5.48. The summed E-state index contributed by atoms with van der Waals surface area (Å²) in [6.45, 7) is 2.66. The van der Waals surface area contributed by atoms with Gasteiger partial charge in [0.2, 0.25) is 0 Å². The molecule has 1 aromatic rings. The lowest BCUT2D eigenvalue weighted by Gasteiger charge is -2.39. The first-order valence-electron chi connectivity index (χ1n) is 7.20. The molecule has 0 atom stereocenters. The second-order valence-corrected chi connectivity index (χ2v) is 5.48. The van der Waals surface area contributed by atoms with Crippen molar-refractivity contribution >= 4 is 5.82 Å². The third kappa shape index (κ3) is 3.04. The molecule has 1 aliphatic heterocycles. The first-order chi connectivity index (χ1) is 9.35. The molecule has 19 heavy (non-hydrogen) atoms. The smallest absolute Gasteiger partial charge is 0.132 e. The summed E-state index contributed by atoms with van der Waals surface area (Å²) in [5, 5.41) is 3.27. The molecule has 2 fully saturated rings. The molecule has 3 rings (SSSR count). The van der Waals surface area contributed by atoms with E-state index in [1.807, 2.05) is 7.05 Å². The predicted octanol–water partition coefficient (Wildman–Crippen LogP) is 1.34. The molecule has 0 unspecified atom stereocenters. The molecule has 1 saturated heterocycles. The quantitative estimate of drug-likeness (QED) is 0.868. The molecule has 0 aromatic carbocycles. The van der Waals surface area contributed by atoms with Crippen LogP contribution in [-0.2, 0) is 11.3 Å². The molecular weight excluding hydrogens is 240 g/mol. The van der Waals surface area contributed by atoms with Crippen molar-refractivity contribution in [3.8, 4) is 0 Å². The Kier molecular flexibility index (Phi) is 3.94. The molecule has 1 aromatic heterocycles. The van der Waals surface area contributed by atoms with Crippen molar-refractivity contribution < 1.29 is 4.74 Å². The van der Waals surface area contributed by atoms with E-state index in [1.165, 1.54) is 25.7 Å². The number of anilines is 1. The van der Waals surface area contributed by atoms with E-state index in [0.717, 1.165) is 24.6 Å². The van der Waals surface area contributed by atoms with Gasteiger partial charge in [0, 0.05) is 25.2 Å². The molecule has 0 bridgehead atoms. The van der Waals surface area contributed by atoms with Gasteiger partial charge in [0.1, 0.15) is 12.1 Å². The average Bonchev–Trinajstić information content (AvgIpc) is 2.89. The number of aromatic nitrogens is 2. The first kappa shape index (κ1) is 12.8. The van der Waals surface area contributed by atoms with Gasteiger partial charge in [-0.25, -0.2) is 9.97 Å². The zero-order chi connectivity index (χ0) is 13.1. The van der Waals surface area contributed by atoms with E-state index in [4.69, 9.17) is 4.74 Å². The molecule has 2 aliphatic rings. The molecule has 5 heteroatoms. The Morgan fingerprint density at radius 2 is 2.11 bits per heavy atom. The van der Waals surface area contributed by atoms with Crippen LogP contribution in [0.3, 0.4) is 0 Å². The van der Waals surface area contributed by atoms with Crippen LogP contribution < -0.4 is 10.2 Å². The monoisotopic (exact) mass is 262 g/mol. The van der Waals surface area contributed by atoms with Crippen LogP contribution in [0.1, 0.15) is 31.4 Å². The highest BCUT2D eigenvalue weighted by Crippen LogP contribution is 2.23. The second kappa shape index (κ2) is 5.84. The number of likely N-dealkylation sites (N-methyl/N-ethyl adjacent to an activating group) is 1. The van der Waals surface area contributed by atoms with Crippen LogP contribution in [0.15, 0.2) is 12.4 Å². The zero-order valence-electron chi connectivity index (χ0n) is 11.5. The lowest BCUT2D eigenvalue weighted by atomic mass is 10.1. The molecule has 0 radical (unpaired) electrons. The van der Waals surface area contributed by atoms with Crippen molar-refractivity contribution in [1.29, 1.82) is 0 Å². The molecule has 1 saturated carbocycles. The molecule has 5 nitrogen and oxygen atoms in total. The normalized spacial score (nSPS) is 20.8. The molecule has 0 amide bonds. The van der Waals surface area contributed by atoms with Crippen LogP contribution in [0.4, 0.5) is 5.82 Å². The van der Waals surface area contributed by atoms with Gasteiger partial charge in [-0.2, -0.15) is 0 Å². The largest absolute Gasteiger partial charge is 0.372 e. The zero-order valence-corrected chi connectivity index (χ0v) is 11.5. The molecule has 2 heterocycles. The summed E-state index contributed by atoms with van der Waals surface area (Å²) in [7, 11) is 2.00. The summed E-state index contributed by atoms with van der Waals surface area (Å²) in [5.74, 6) is 1.02. The van der Waals surface area contributed by atoms with E-state index in [9.17, 15) is 0 Å². The lowest BCUT2D eigenvalue weighted by Crippen LogP contribution is -2.57. The fourth-order valence-corrected chi connectivity index (χ4v) is 2.74. The molecule has 104 valence electrons. The standard InChI is InChI=1S/C14H22N4O/c1-15-12-7-18(8-12)14-6-11(16-10-17-14)9-19-13-4-2-3-5-13/h6,10,12-13,15H,2-5,7-9H2,1H3. The SMILES string of the molecule is CNC1CN(c2cc(COC3CCCC3)ncn2)C1. The fraction of sp³-hybridized carbons (Fsp3) is 0.714. The van der Waals surface area contributed by atoms with Gasteiger partial charge in [-0.05, 0) is 19.9 Å². The van der Waals surface area contributed by atoms with Crippen molar-refractivity contribution in [3.05, 3.63) is 18.1 Å². The highest BCUT2D eigenvalue weighted by atomic mass is 16.5. The summed E-state index contributed by atoms with van der Waals surface area (Å²) in [4.78, 5) is 10.9. The number of rotatable bonds is 5. The van der Waals surface area contributed by atoms with Crippen LogP contribution in [0.25, 0.3) is 0 Å². The minimum atomic E-state index is 0.441. The van der Waals surface area contributed by atoms with Crippen molar-refractivity contribution in [2.75, 3.05) is 25.0 Å². The van der Waals surface area contributed by atoms with E-state index < -0.39 is 0 Å². The van der Waals surface area contributed by atoms with E-state index >= 15 is 0 Å². The van der Waals surface area contributed by atoms with Crippen LogP contribution >= 0.6 is 0 Å². The Labute approximate surface area is 114 Å².